The van der Waals surface area contributed by atoms with Gasteiger partial charge in [0.25, 0.3) is 5.91 Å². The minimum Gasteiger partial charge on any atom is -0.381 e. The zero-order chi connectivity index (χ0) is 17.4. The lowest BCUT2D eigenvalue weighted by Gasteiger charge is -2.33. The number of benzene rings is 1. The lowest BCUT2D eigenvalue weighted by Crippen LogP contribution is -2.45. The van der Waals surface area contributed by atoms with Gasteiger partial charge in [0.2, 0.25) is 0 Å². The van der Waals surface area contributed by atoms with Crippen molar-refractivity contribution in [2.24, 2.45) is 0 Å². The summed E-state index contributed by atoms with van der Waals surface area (Å²) < 4.78 is 5.45. The molecule has 0 bridgehead atoms. The summed E-state index contributed by atoms with van der Waals surface area (Å²) in [5.74, 6) is 0.459. The van der Waals surface area contributed by atoms with Crippen LogP contribution in [0.2, 0.25) is 0 Å². The Kier molecular flexibility index (Phi) is 4.31. The number of H-pyrrole nitrogens is 1. The van der Waals surface area contributed by atoms with Gasteiger partial charge in [-0.1, -0.05) is 18.7 Å². The largest absolute Gasteiger partial charge is 0.381 e. The minimum absolute atomic E-state index is 0.0665. The second-order valence-electron chi connectivity index (χ2n) is 7.02. The number of nitrogens with zero attached hydrogens (tertiary/aromatic N) is 3. The van der Waals surface area contributed by atoms with E-state index in [1.807, 2.05) is 13.1 Å². The molecule has 4 rings (SSSR count). The van der Waals surface area contributed by atoms with E-state index in [-0.39, 0.29) is 5.91 Å². The number of carbonyl (C=O) groups excluding carboxylic acids is 1. The first kappa shape index (κ1) is 16.3. The summed E-state index contributed by atoms with van der Waals surface area (Å²) in [6.07, 6.45) is 2.10. The normalized spacial score (nSPS) is 20.4. The van der Waals surface area contributed by atoms with E-state index in [0.717, 1.165) is 49.2 Å². The number of amides is 1. The van der Waals surface area contributed by atoms with Crippen LogP contribution in [0.1, 0.15) is 34.8 Å². The van der Waals surface area contributed by atoms with Gasteiger partial charge in [-0.15, -0.1) is 0 Å². The number of fused-ring (bicyclic) bond motifs is 1. The summed E-state index contributed by atoms with van der Waals surface area (Å²) in [7, 11) is 2.04. The van der Waals surface area contributed by atoms with Crippen LogP contribution in [0.4, 0.5) is 0 Å². The molecule has 2 saturated heterocycles. The fourth-order valence-corrected chi connectivity index (χ4v) is 3.76. The van der Waals surface area contributed by atoms with E-state index >= 15 is 0 Å². The highest BCUT2D eigenvalue weighted by Crippen LogP contribution is 2.30. The maximum atomic E-state index is 12.9. The molecule has 0 spiro atoms. The number of likely N-dealkylation sites (N-methyl/N-ethyl adjacent to an activating group) is 1. The number of carbonyl (C=O) groups is 1. The van der Waals surface area contributed by atoms with Gasteiger partial charge in [-0.2, -0.15) is 5.10 Å². The van der Waals surface area contributed by atoms with Crippen LogP contribution in [0.25, 0.3) is 10.9 Å². The molecular weight excluding hydrogens is 316 g/mol. The smallest absolute Gasteiger partial charge is 0.279 e. The summed E-state index contributed by atoms with van der Waals surface area (Å²) in [5.41, 5.74) is 3.53. The minimum atomic E-state index is -0.0665. The first-order chi connectivity index (χ1) is 12.1. The van der Waals surface area contributed by atoms with Crippen molar-refractivity contribution in [2.45, 2.75) is 18.8 Å². The monoisotopic (exact) mass is 340 g/mol. The molecule has 2 aliphatic heterocycles. The highest BCUT2D eigenvalue weighted by Gasteiger charge is 2.27. The predicted molar refractivity (Wildman–Crippen MR) is 96.6 cm³/mol. The van der Waals surface area contributed by atoms with Gasteiger partial charge in [0.05, 0.1) is 5.52 Å². The molecule has 0 atom stereocenters. The van der Waals surface area contributed by atoms with Crippen LogP contribution in [0.3, 0.4) is 0 Å². The number of ether oxygens (including phenoxy) is 1. The number of hydrogen-bond donors (Lipinski definition) is 1. The topological polar surface area (TPSA) is 61.5 Å². The zero-order valence-electron chi connectivity index (χ0n) is 14.6. The van der Waals surface area contributed by atoms with Gasteiger partial charge in [-0.05, 0) is 37.4 Å². The molecule has 0 saturated carbocycles. The number of piperazine rings is 1. The molecule has 0 radical (unpaired) electrons. The molecule has 0 aliphatic carbocycles. The number of rotatable bonds is 2. The molecule has 6 heteroatoms. The van der Waals surface area contributed by atoms with Crippen LogP contribution in [-0.2, 0) is 4.74 Å². The average molecular weight is 340 g/mol. The highest BCUT2D eigenvalue weighted by atomic mass is 16.5. The summed E-state index contributed by atoms with van der Waals surface area (Å²) in [6.45, 7) is 7.90. The van der Waals surface area contributed by atoms with Gasteiger partial charge >= 0.3 is 0 Å². The molecule has 2 fully saturated rings. The maximum Gasteiger partial charge on any atom is 0.279 e. The van der Waals surface area contributed by atoms with Crippen LogP contribution < -0.4 is 0 Å². The molecule has 132 valence electrons. The van der Waals surface area contributed by atoms with E-state index in [2.05, 4.69) is 33.8 Å². The van der Waals surface area contributed by atoms with Crippen LogP contribution >= 0.6 is 0 Å². The van der Waals surface area contributed by atoms with Crippen molar-refractivity contribution in [3.8, 4) is 0 Å². The summed E-state index contributed by atoms with van der Waals surface area (Å²) in [4.78, 5) is 16.8. The first-order valence-electron chi connectivity index (χ1n) is 8.87. The standard InChI is InChI=1S/C19H24N4O2/c1-13-12-22(2)7-8-23(13)19(24)18-16-4-3-15(11-17(16)20-21-18)14-5-9-25-10-6-14/h3-4,11,14H,1,5-10,12H2,2H3,(H,20,21). The Morgan fingerprint density at radius 3 is 2.88 bits per heavy atom. The Morgan fingerprint density at radius 1 is 1.32 bits per heavy atom. The van der Waals surface area contributed by atoms with Gasteiger partial charge in [-0.3, -0.25) is 14.8 Å². The Morgan fingerprint density at radius 2 is 2.12 bits per heavy atom. The Hall–Kier alpha value is -2.18. The van der Waals surface area contributed by atoms with E-state index in [9.17, 15) is 4.79 Å². The molecule has 25 heavy (non-hydrogen) atoms. The molecule has 3 heterocycles. The van der Waals surface area contributed by atoms with Crippen molar-refractivity contribution in [3.63, 3.8) is 0 Å². The molecule has 1 aromatic heterocycles. The molecule has 1 aromatic carbocycles. The van der Waals surface area contributed by atoms with Crippen LogP contribution in [0.15, 0.2) is 30.5 Å². The second-order valence-corrected chi connectivity index (χ2v) is 7.02. The lowest BCUT2D eigenvalue weighted by atomic mass is 9.91. The number of aromatic nitrogens is 2. The van der Waals surface area contributed by atoms with E-state index in [1.54, 1.807) is 4.90 Å². The third-order valence-corrected chi connectivity index (χ3v) is 5.27. The zero-order valence-corrected chi connectivity index (χ0v) is 14.6. The average Bonchev–Trinajstić information content (AvgIpc) is 3.05. The Balaban J connectivity index is 1.60. The van der Waals surface area contributed by atoms with Crippen molar-refractivity contribution in [1.82, 2.24) is 20.0 Å². The SMILES string of the molecule is C=C1CN(C)CCN1C(=O)c1n[nH]c2cc(C3CCOCC3)ccc12. The maximum absolute atomic E-state index is 12.9. The molecule has 6 nitrogen and oxygen atoms in total. The first-order valence-corrected chi connectivity index (χ1v) is 8.87. The van der Waals surface area contributed by atoms with Gasteiger partial charge in [0.1, 0.15) is 0 Å². The van der Waals surface area contributed by atoms with Crippen LogP contribution in [0, 0.1) is 0 Å². The van der Waals surface area contributed by atoms with Gasteiger partial charge in [0, 0.05) is 43.9 Å². The highest BCUT2D eigenvalue weighted by molar-refractivity contribution is 6.05. The van der Waals surface area contributed by atoms with E-state index in [4.69, 9.17) is 4.74 Å². The van der Waals surface area contributed by atoms with Crippen LogP contribution in [-0.4, -0.2) is 65.8 Å². The summed E-state index contributed by atoms with van der Waals surface area (Å²) >= 11 is 0. The molecular formula is C19H24N4O2. The Bertz CT molecular complexity index is 807. The Labute approximate surface area is 147 Å². The van der Waals surface area contributed by atoms with Crippen LogP contribution in [0.5, 0.6) is 0 Å². The van der Waals surface area contributed by atoms with E-state index in [0.29, 0.717) is 24.7 Å². The molecule has 0 unspecified atom stereocenters. The molecule has 1 N–H and O–H groups in total. The fraction of sp³-hybridized carbons (Fsp3) is 0.474. The lowest BCUT2D eigenvalue weighted by molar-refractivity contribution is 0.0744. The number of hydrogen-bond acceptors (Lipinski definition) is 4. The predicted octanol–water partition coefficient (Wildman–Crippen LogP) is 2.36. The fourth-order valence-electron chi connectivity index (χ4n) is 3.76. The number of nitrogens with one attached hydrogen (secondary N) is 1. The van der Waals surface area contributed by atoms with Gasteiger partial charge < -0.3 is 9.64 Å². The van der Waals surface area contributed by atoms with Gasteiger partial charge in [-0.25, -0.2) is 0 Å². The van der Waals surface area contributed by atoms with Crippen molar-refractivity contribution >= 4 is 16.8 Å². The van der Waals surface area contributed by atoms with Crippen molar-refractivity contribution < 1.29 is 9.53 Å². The molecule has 1 amide bonds. The molecule has 2 aromatic rings. The quantitative estimate of drug-likeness (QED) is 0.912. The van der Waals surface area contributed by atoms with Crippen molar-refractivity contribution in [1.29, 1.82) is 0 Å². The summed E-state index contributed by atoms with van der Waals surface area (Å²) in [6, 6.07) is 6.28. The number of aromatic amines is 1. The second kappa shape index (κ2) is 6.61. The summed E-state index contributed by atoms with van der Waals surface area (Å²) in [5, 5.41) is 8.24. The van der Waals surface area contributed by atoms with E-state index in [1.165, 1.54) is 5.56 Å². The third-order valence-electron chi connectivity index (χ3n) is 5.27. The van der Waals surface area contributed by atoms with E-state index < -0.39 is 0 Å². The van der Waals surface area contributed by atoms with Crippen molar-refractivity contribution in [3.05, 3.63) is 41.7 Å². The van der Waals surface area contributed by atoms with Gasteiger partial charge in [0.15, 0.2) is 5.69 Å². The van der Waals surface area contributed by atoms with Crippen molar-refractivity contribution in [2.75, 3.05) is 39.9 Å². The molecule has 2 aliphatic rings. The third kappa shape index (κ3) is 3.07.